The summed E-state index contributed by atoms with van der Waals surface area (Å²) in [5.41, 5.74) is 4.99. The lowest BCUT2D eigenvalue weighted by Gasteiger charge is -2.21. The summed E-state index contributed by atoms with van der Waals surface area (Å²) in [5.74, 6) is 6.62. The molecule has 0 fully saturated rings. The first-order chi connectivity index (χ1) is 9.61. The number of halogens is 1. The zero-order valence-corrected chi connectivity index (χ0v) is 13.2. The van der Waals surface area contributed by atoms with Crippen molar-refractivity contribution in [2.24, 2.45) is 5.84 Å². The van der Waals surface area contributed by atoms with Crippen molar-refractivity contribution >= 4 is 15.9 Å². The molecule has 1 atom stereocenters. The van der Waals surface area contributed by atoms with Gasteiger partial charge in [0.25, 0.3) is 0 Å². The molecule has 0 aliphatic heterocycles. The van der Waals surface area contributed by atoms with E-state index in [0.717, 1.165) is 21.3 Å². The van der Waals surface area contributed by atoms with E-state index in [2.05, 4.69) is 27.4 Å². The molecule has 2 aromatic rings. The molecule has 106 valence electrons. The van der Waals surface area contributed by atoms with E-state index >= 15 is 0 Å². The standard InChI is InChI=1S/C16H19BrN2O/c1-11(2)20-15-9-4-3-8-14(15)16(19-18)12-6-5-7-13(17)10-12/h3-11,16,19H,18H2,1-2H3. The van der Waals surface area contributed by atoms with Crippen LogP contribution in [0.15, 0.2) is 53.0 Å². The van der Waals surface area contributed by atoms with Crippen molar-refractivity contribution in [2.75, 3.05) is 0 Å². The van der Waals surface area contributed by atoms with Gasteiger partial charge in [-0.15, -0.1) is 0 Å². The highest BCUT2D eigenvalue weighted by atomic mass is 79.9. The van der Waals surface area contributed by atoms with Crippen LogP contribution in [-0.4, -0.2) is 6.10 Å². The Bertz CT molecular complexity index is 572. The van der Waals surface area contributed by atoms with Crippen LogP contribution in [0.5, 0.6) is 5.75 Å². The second-order valence-corrected chi connectivity index (χ2v) is 5.77. The summed E-state index contributed by atoms with van der Waals surface area (Å²) in [6.45, 7) is 4.03. The summed E-state index contributed by atoms with van der Waals surface area (Å²) >= 11 is 3.49. The van der Waals surface area contributed by atoms with E-state index in [1.807, 2.05) is 56.3 Å². The van der Waals surface area contributed by atoms with Crippen molar-refractivity contribution in [2.45, 2.75) is 26.0 Å². The number of nitrogens with one attached hydrogen (secondary N) is 1. The second kappa shape index (κ2) is 6.88. The molecule has 0 bridgehead atoms. The maximum absolute atomic E-state index is 5.87. The van der Waals surface area contributed by atoms with Gasteiger partial charge in [0.1, 0.15) is 5.75 Å². The van der Waals surface area contributed by atoms with E-state index in [9.17, 15) is 0 Å². The Balaban J connectivity index is 2.41. The molecule has 3 nitrogen and oxygen atoms in total. The minimum absolute atomic E-state index is 0.109. The first kappa shape index (κ1) is 15.0. The molecule has 0 aromatic heterocycles. The Kier molecular flexibility index (Phi) is 5.17. The van der Waals surface area contributed by atoms with Crippen LogP contribution in [0.25, 0.3) is 0 Å². The molecule has 0 saturated carbocycles. The van der Waals surface area contributed by atoms with E-state index in [1.54, 1.807) is 0 Å². The predicted molar refractivity (Wildman–Crippen MR) is 85.5 cm³/mol. The second-order valence-electron chi connectivity index (χ2n) is 4.86. The number of ether oxygens (including phenoxy) is 1. The number of hydrazine groups is 1. The zero-order valence-electron chi connectivity index (χ0n) is 11.6. The third-order valence-corrected chi connectivity index (χ3v) is 3.43. The molecule has 0 aliphatic rings. The Hall–Kier alpha value is -1.36. The molecule has 4 heteroatoms. The van der Waals surface area contributed by atoms with Crippen LogP contribution in [0.4, 0.5) is 0 Å². The maximum atomic E-state index is 5.87. The third kappa shape index (κ3) is 3.60. The first-order valence-electron chi connectivity index (χ1n) is 6.59. The van der Waals surface area contributed by atoms with Gasteiger partial charge in [-0.05, 0) is 37.6 Å². The van der Waals surface area contributed by atoms with Gasteiger partial charge in [0.05, 0.1) is 12.1 Å². The van der Waals surface area contributed by atoms with E-state index in [4.69, 9.17) is 10.6 Å². The summed E-state index contributed by atoms with van der Waals surface area (Å²) in [5, 5.41) is 0. The van der Waals surface area contributed by atoms with Crippen molar-refractivity contribution in [3.63, 3.8) is 0 Å². The monoisotopic (exact) mass is 334 g/mol. The van der Waals surface area contributed by atoms with E-state index < -0.39 is 0 Å². The quantitative estimate of drug-likeness (QED) is 0.646. The van der Waals surface area contributed by atoms with Gasteiger partial charge in [-0.2, -0.15) is 0 Å². The molecule has 0 heterocycles. The SMILES string of the molecule is CC(C)Oc1ccccc1C(NN)c1cccc(Br)c1. The minimum Gasteiger partial charge on any atom is -0.491 e. The van der Waals surface area contributed by atoms with Gasteiger partial charge in [-0.25, -0.2) is 5.43 Å². The normalized spacial score (nSPS) is 12.4. The largest absolute Gasteiger partial charge is 0.491 e. The molecule has 2 aromatic carbocycles. The zero-order chi connectivity index (χ0) is 14.5. The third-order valence-electron chi connectivity index (χ3n) is 2.94. The fraction of sp³-hybridized carbons (Fsp3) is 0.250. The number of hydrogen-bond acceptors (Lipinski definition) is 3. The molecular formula is C16H19BrN2O. The van der Waals surface area contributed by atoms with Crippen LogP contribution in [0.2, 0.25) is 0 Å². The molecule has 0 aliphatic carbocycles. The molecule has 0 saturated heterocycles. The molecule has 1 unspecified atom stereocenters. The Morgan fingerprint density at radius 3 is 2.50 bits per heavy atom. The van der Waals surface area contributed by atoms with Crippen molar-refractivity contribution < 1.29 is 4.74 Å². The summed E-state index contributed by atoms with van der Waals surface area (Å²) in [6.07, 6.45) is 0.122. The first-order valence-corrected chi connectivity index (χ1v) is 7.38. The average Bonchev–Trinajstić information content (AvgIpc) is 2.41. The minimum atomic E-state index is -0.109. The van der Waals surface area contributed by atoms with Crippen LogP contribution in [0, 0.1) is 0 Å². The maximum Gasteiger partial charge on any atom is 0.124 e. The average molecular weight is 335 g/mol. The molecule has 0 radical (unpaired) electrons. The fourth-order valence-corrected chi connectivity index (χ4v) is 2.55. The van der Waals surface area contributed by atoms with E-state index in [0.29, 0.717) is 0 Å². The number of rotatable bonds is 5. The van der Waals surface area contributed by atoms with Gasteiger partial charge in [-0.1, -0.05) is 46.3 Å². The van der Waals surface area contributed by atoms with Crippen LogP contribution in [0.1, 0.15) is 31.0 Å². The van der Waals surface area contributed by atoms with Crippen molar-refractivity contribution in [3.05, 3.63) is 64.1 Å². The Labute approximate surface area is 128 Å². The van der Waals surface area contributed by atoms with Crippen LogP contribution in [-0.2, 0) is 0 Å². The molecule has 0 spiro atoms. The lowest BCUT2D eigenvalue weighted by molar-refractivity contribution is 0.238. The molecule has 2 rings (SSSR count). The Morgan fingerprint density at radius 1 is 1.10 bits per heavy atom. The van der Waals surface area contributed by atoms with Crippen LogP contribution in [0.3, 0.4) is 0 Å². The van der Waals surface area contributed by atoms with Gasteiger partial charge >= 0.3 is 0 Å². The fourth-order valence-electron chi connectivity index (χ4n) is 2.13. The highest BCUT2D eigenvalue weighted by molar-refractivity contribution is 9.10. The van der Waals surface area contributed by atoms with Gasteiger partial charge in [0.2, 0.25) is 0 Å². The lowest BCUT2D eigenvalue weighted by atomic mass is 9.98. The molecule has 3 N–H and O–H groups in total. The van der Waals surface area contributed by atoms with Gasteiger partial charge < -0.3 is 4.74 Å². The van der Waals surface area contributed by atoms with Crippen LogP contribution < -0.4 is 16.0 Å². The van der Waals surface area contributed by atoms with Crippen molar-refractivity contribution in [1.29, 1.82) is 0 Å². The topological polar surface area (TPSA) is 47.3 Å². The molecule has 20 heavy (non-hydrogen) atoms. The van der Waals surface area contributed by atoms with Gasteiger partial charge in [0, 0.05) is 10.0 Å². The summed E-state index contributed by atoms with van der Waals surface area (Å²) < 4.78 is 6.90. The lowest BCUT2D eigenvalue weighted by Crippen LogP contribution is -2.29. The van der Waals surface area contributed by atoms with Crippen molar-refractivity contribution in [3.8, 4) is 5.75 Å². The predicted octanol–water partition coefficient (Wildman–Crippen LogP) is 3.79. The summed E-state index contributed by atoms with van der Waals surface area (Å²) in [6, 6.07) is 15.9. The molecular weight excluding hydrogens is 316 g/mol. The van der Waals surface area contributed by atoms with Gasteiger partial charge in [0.15, 0.2) is 0 Å². The highest BCUT2D eigenvalue weighted by Crippen LogP contribution is 2.31. The van der Waals surface area contributed by atoms with Gasteiger partial charge in [-0.3, -0.25) is 5.84 Å². The van der Waals surface area contributed by atoms with E-state index in [-0.39, 0.29) is 12.1 Å². The van der Waals surface area contributed by atoms with E-state index in [1.165, 1.54) is 0 Å². The number of para-hydroxylation sites is 1. The molecule has 0 amide bonds. The van der Waals surface area contributed by atoms with Crippen LogP contribution >= 0.6 is 15.9 Å². The Morgan fingerprint density at radius 2 is 1.85 bits per heavy atom. The number of hydrogen-bond donors (Lipinski definition) is 2. The van der Waals surface area contributed by atoms with Crippen molar-refractivity contribution in [1.82, 2.24) is 5.43 Å². The smallest absolute Gasteiger partial charge is 0.124 e. The summed E-state index contributed by atoms with van der Waals surface area (Å²) in [4.78, 5) is 0. The highest BCUT2D eigenvalue weighted by Gasteiger charge is 2.17. The number of benzene rings is 2. The summed E-state index contributed by atoms with van der Waals surface area (Å²) in [7, 11) is 0. The number of nitrogens with two attached hydrogens (primary N) is 1.